The van der Waals surface area contributed by atoms with E-state index in [4.69, 9.17) is 10.5 Å². The zero-order chi connectivity index (χ0) is 45.9. The number of unbranched alkanes of at least 4 members (excludes halogenated alkanes) is 1. The maximum absolute atomic E-state index is 14.1. The van der Waals surface area contributed by atoms with Crippen LogP contribution < -0.4 is 21.3 Å². The Hall–Kier alpha value is -5.88. The molecule has 0 unspecified atom stereocenters. The van der Waals surface area contributed by atoms with Crippen LogP contribution >= 0.6 is 0 Å². The third-order valence-electron chi connectivity index (χ3n) is 13.2. The first-order valence-corrected chi connectivity index (χ1v) is 23.1. The summed E-state index contributed by atoms with van der Waals surface area (Å²) in [5, 5.41) is 16.2. The standard InChI is InChI=1S/C49H66N10O5/c1-8-32-26-36-37(49(6,7)44-42(43(36)61)35-17-16-31(28-50)25-39(35)54-44)27-40(32)57-21-23-58(24-22-57)41(60)15-11-10-13-33-30-59(46(51)53-33)19-12-14-38(55-47(63)64-48(3,4)5)45(62)52-34-18-20-56(9-2)29-34/h16-17,25-27,30,34,38,54H,8-15,18-24,29H2,1-7H3,(H2,51,53)(H,52,62)(H,55,63)/t34-,38+/m1/s1. The Bertz CT molecular complexity index is 2430. The largest absolute Gasteiger partial charge is 0.444 e. The molecule has 0 saturated carbocycles. The Morgan fingerprint density at radius 1 is 1.06 bits per heavy atom. The Kier molecular flexibility index (Phi) is 13.7. The van der Waals surface area contributed by atoms with E-state index >= 15 is 0 Å². The van der Waals surface area contributed by atoms with E-state index in [0.29, 0.717) is 75.5 Å². The van der Waals surface area contributed by atoms with Gasteiger partial charge in [0.25, 0.3) is 0 Å². The minimum Gasteiger partial charge on any atom is -0.444 e. The van der Waals surface area contributed by atoms with Crippen molar-refractivity contribution < 1.29 is 23.9 Å². The first kappa shape index (κ1) is 46.1. The molecule has 4 heterocycles. The second-order valence-corrected chi connectivity index (χ2v) is 19.2. The van der Waals surface area contributed by atoms with E-state index in [1.54, 1.807) is 26.8 Å². The number of hydrogen-bond donors (Lipinski definition) is 4. The van der Waals surface area contributed by atoms with Crippen molar-refractivity contribution in [1.29, 1.82) is 5.26 Å². The normalized spacial score (nSPS) is 17.8. The maximum Gasteiger partial charge on any atom is 0.408 e. The predicted octanol–water partition coefficient (Wildman–Crippen LogP) is 6.20. The maximum atomic E-state index is 14.1. The van der Waals surface area contributed by atoms with Crippen LogP contribution in [0.2, 0.25) is 0 Å². The molecule has 3 aliphatic rings. The number of fused-ring (bicyclic) bond motifs is 4. The second-order valence-electron chi connectivity index (χ2n) is 19.2. The molecule has 2 atom stereocenters. The molecule has 2 aromatic carbocycles. The molecule has 3 amide bonds. The number of nitrogens with one attached hydrogen (secondary N) is 3. The number of carbonyl (C=O) groups excluding carboxylic acids is 4. The Labute approximate surface area is 377 Å². The van der Waals surface area contributed by atoms with Gasteiger partial charge in [-0.2, -0.15) is 5.26 Å². The van der Waals surface area contributed by atoms with E-state index in [2.05, 4.69) is 76.3 Å². The number of nitrogens with two attached hydrogens (primary N) is 1. The van der Waals surface area contributed by atoms with Gasteiger partial charge in [-0.1, -0.05) is 33.8 Å². The lowest BCUT2D eigenvalue weighted by Gasteiger charge is -2.39. The third-order valence-corrected chi connectivity index (χ3v) is 13.2. The van der Waals surface area contributed by atoms with Crippen molar-refractivity contribution in [2.24, 2.45) is 0 Å². The highest BCUT2D eigenvalue weighted by molar-refractivity contribution is 6.20. The van der Waals surface area contributed by atoms with Gasteiger partial charge in [0.1, 0.15) is 11.6 Å². The number of aromatic nitrogens is 3. The Morgan fingerprint density at radius 3 is 2.52 bits per heavy atom. The van der Waals surface area contributed by atoms with Gasteiger partial charge in [0.2, 0.25) is 11.8 Å². The van der Waals surface area contributed by atoms with Gasteiger partial charge in [-0.15, -0.1) is 0 Å². The number of amides is 3. The lowest BCUT2D eigenvalue weighted by atomic mass is 9.70. The van der Waals surface area contributed by atoms with Crippen LogP contribution in [-0.2, 0) is 39.1 Å². The highest BCUT2D eigenvalue weighted by Crippen LogP contribution is 2.46. The summed E-state index contributed by atoms with van der Waals surface area (Å²) < 4.78 is 7.35. The number of benzene rings is 2. The lowest BCUT2D eigenvalue weighted by molar-refractivity contribution is -0.131. The fraction of sp³-hybridized carbons (Fsp3) is 0.551. The number of nitrogens with zero attached hydrogens (tertiary/aromatic N) is 6. The van der Waals surface area contributed by atoms with Gasteiger partial charge < -0.3 is 45.4 Å². The fourth-order valence-corrected chi connectivity index (χ4v) is 9.60. The van der Waals surface area contributed by atoms with Crippen molar-refractivity contribution in [2.45, 2.75) is 129 Å². The van der Waals surface area contributed by atoms with E-state index in [-0.39, 0.29) is 23.6 Å². The van der Waals surface area contributed by atoms with Crippen LogP contribution in [0, 0.1) is 11.3 Å². The smallest absolute Gasteiger partial charge is 0.408 e. The Balaban J connectivity index is 0.886. The van der Waals surface area contributed by atoms with Crippen LogP contribution in [0.4, 0.5) is 16.4 Å². The summed E-state index contributed by atoms with van der Waals surface area (Å²) in [5.74, 6) is 0.344. The van der Waals surface area contributed by atoms with Crippen molar-refractivity contribution >= 4 is 46.2 Å². The zero-order valence-electron chi connectivity index (χ0n) is 38.7. The topological polar surface area (TPSA) is 195 Å². The number of likely N-dealkylation sites (tertiary alicyclic amines) is 1. The molecule has 0 bridgehead atoms. The molecule has 2 saturated heterocycles. The summed E-state index contributed by atoms with van der Waals surface area (Å²) in [4.78, 5) is 68.2. The van der Waals surface area contributed by atoms with Crippen molar-refractivity contribution in [3.8, 4) is 6.07 Å². The third kappa shape index (κ3) is 10.1. The molecule has 64 heavy (non-hydrogen) atoms. The lowest BCUT2D eigenvalue weighted by Crippen LogP contribution is -2.51. The summed E-state index contributed by atoms with van der Waals surface area (Å²) in [7, 11) is 0. The van der Waals surface area contributed by atoms with Crippen LogP contribution in [0.3, 0.4) is 0 Å². The van der Waals surface area contributed by atoms with Crippen LogP contribution in [0.25, 0.3) is 10.9 Å². The number of ether oxygens (including phenoxy) is 1. The van der Waals surface area contributed by atoms with E-state index in [9.17, 15) is 24.4 Å². The van der Waals surface area contributed by atoms with Crippen molar-refractivity contribution in [1.82, 2.24) is 35.0 Å². The summed E-state index contributed by atoms with van der Waals surface area (Å²) in [5.41, 5.74) is 12.9. The van der Waals surface area contributed by atoms with Crippen LogP contribution in [-0.4, -0.2) is 112 Å². The van der Waals surface area contributed by atoms with Gasteiger partial charge >= 0.3 is 6.09 Å². The molecule has 0 radical (unpaired) electrons. The fourth-order valence-electron chi connectivity index (χ4n) is 9.60. The number of ketones is 1. The molecule has 4 aromatic rings. The van der Waals surface area contributed by atoms with E-state index in [0.717, 1.165) is 90.0 Å². The van der Waals surface area contributed by atoms with Crippen molar-refractivity contribution in [3.05, 3.63) is 75.7 Å². The molecule has 342 valence electrons. The number of hydrogen-bond acceptors (Lipinski definition) is 10. The van der Waals surface area contributed by atoms with Crippen LogP contribution in [0.1, 0.15) is 131 Å². The number of likely N-dealkylation sites (N-methyl/N-ethyl adjacent to an activating group) is 1. The summed E-state index contributed by atoms with van der Waals surface area (Å²) in [6.45, 7) is 19.8. The van der Waals surface area contributed by atoms with Crippen molar-refractivity contribution in [2.75, 3.05) is 56.4 Å². The molecule has 2 aliphatic heterocycles. The monoisotopic (exact) mass is 875 g/mol. The molecule has 1 aliphatic carbocycles. The average Bonchev–Trinajstić information content (AvgIpc) is 3.99. The first-order valence-electron chi connectivity index (χ1n) is 23.1. The van der Waals surface area contributed by atoms with Gasteiger partial charge in [0.05, 0.1) is 22.9 Å². The van der Waals surface area contributed by atoms with E-state index < -0.39 is 23.2 Å². The number of aromatic amines is 1. The van der Waals surface area contributed by atoms with Gasteiger partial charge in [-0.05, 0) is 108 Å². The molecule has 7 rings (SSSR count). The highest BCUT2D eigenvalue weighted by Gasteiger charge is 2.41. The molecule has 15 nitrogen and oxygen atoms in total. The minimum absolute atomic E-state index is 0.00820. The molecule has 15 heteroatoms. The van der Waals surface area contributed by atoms with Gasteiger partial charge in [0, 0.05) is 97.7 Å². The summed E-state index contributed by atoms with van der Waals surface area (Å²) in [6.07, 6.45) is 6.64. The van der Waals surface area contributed by atoms with Gasteiger partial charge in [-0.25, -0.2) is 9.78 Å². The molecule has 2 fully saturated rings. The number of imidazole rings is 1. The average molecular weight is 875 g/mol. The van der Waals surface area contributed by atoms with Gasteiger partial charge in [0.15, 0.2) is 11.7 Å². The van der Waals surface area contributed by atoms with Crippen LogP contribution in [0.15, 0.2) is 36.5 Å². The number of alkyl carbamates (subject to hydrolysis) is 1. The van der Waals surface area contributed by atoms with Crippen molar-refractivity contribution in [3.63, 3.8) is 0 Å². The summed E-state index contributed by atoms with van der Waals surface area (Å²) >= 11 is 0. The van der Waals surface area contributed by atoms with Crippen LogP contribution in [0.5, 0.6) is 0 Å². The number of carbonyl (C=O) groups is 4. The van der Waals surface area contributed by atoms with E-state index in [1.807, 2.05) is 27.8 Å². The number of nitrogen functional groups attached to an aromatic ring is 1. The minimum atomic E-state index is -0.746. The zero-order valence-corrected chi connectivity index (χ0v) is 38.7. The Morgan fingerprint density at radius 2 is 1.83 bits per heavy atom. The van der Waals surface area contributed by atoms with E-state index in [1.165, 1.54) is 0 Å². The summed E-state index contributed by atoms with van der Waals surface area (Å²) in [6, 6.07) is 11.2. The highest BCUT2D eigenvalue weighted by atomic mass is 16.6. The predicted molar refractivity (Wildman–Crippen MR) is 248 cm³/mol. The number of rotatable bonds is 15. The molecular formula is C49H66N10O5. The number of nitriles is 1. The number of H-pyrrole nitrogens is 1. The SMILES string of the molecule is CCc1cc2c(cc1N1CCN(C(=O)CCCCc3cn(CCC[C@H](NC(=O)OC(C)(C)C)C(=O)N[C@@H]4CCN(CC)C4)c(N)n3)CC1)C(C)(C)c1[nH]c3cc(C#N)ccc3c1C2=O. The molecule has 2 aromatic heterocycles. The quantitative estimate of drug-likeness (QED) is 0.100. The molecular weight excluding hydrogens is 809 g/mol. The number of piperazine rings is 1. The number of aryl methyl sites for hydroxylation is 3. The first-order chi connectivity index (χ1) is 30.5. The second kappa shape index (κ2) is 19.1. The van der Waals surface area contributed by atoms with Gasteiger partial charge in [-0.3, -0.25) is 14.4 Å². The molecule has 0 spiro atoms. The molecule has 5 N–H and O–H groups in total. The number of anilines is 2.